The fourth-order valence-corrected chi connectivity index (χ4v) is 2.93. The van der Waals surface area contributed by atoms with E-state index in [2.05, 4.69) is 5.32 Å². The van der Waals surface area contributed by atoms with E-state index in [1.54, 1.807) is 18.9 Å². The minimum atomic E-state index is -0.619. The van der Waals surface area contributed by atoms with Gasteiger partial charge in [0.25, 0.3) is 0 Å². The number of likely N-dealkylation sites (N-methyl/N-ethyl adjacent to an activating group) is 1. The minimum Gasteiger partial charge on any atom is -0.368 e. The number of benzene rings is 2. The maximum atomic E-state index is 12.9. The van der Waals surface area contributed by atoms with Crippen molar-refractivity contribution in [2.24, 2.45) is 5.73 Å². The molecule has 0 saturated heterocycles. The normalized spacial score (nSPS) is 17.9. The monoisotopic (exact) mass is 309 g/mol. The van der Waals surface area contributed by atoms with Crippen molar-refractivity contribution in [3.63, 3.8) is 0 Å². The molecule has 0 unspecified atom stereocenters. The fourth-order valence-electron chi connectivity index (χ4n) is 2.93. The Hall–Kier alpha value is -2.66. The molecule has 5 heteroatoms. The van der Waals surface area contributed by atoms with Gasteiger partial charge in [0.2, 0.25) is 11.8 Å². The average Bonchev–Trinajstić information content (AvgIpc) is 2.65. The van der Waals surface area contributed by atoms with Gasteiger partial charge in [0.05, 0.1) is 11.7 Å². The van der Waals surface area contributed by atoms with Gasteiger partial charge in [-0.05, 0) is 24.1 Å². The van der Waals surface area contributed by atoms with Gasteiger partial charge >= 0.3 is 0 Å². The summed E-state index contributed by atoms with van der Waals surface area (Å²) < 4.78 is 0. The Kier molecular flexibility index (Phi) is 3.88. The molecule has 0 fully saturated rings. The van der Waals surface area contributed by atoms with Gasteiger partial charge in [-0.15, -0.1) is 0 Å². The van der Waals surface area contributed by atoms with Crippen molar-refractivity contribution >= 4 is 17.5 Å². The Labute approximate surface area is 135 Å². The topological polar surface area (TPSA) is 75.4 Å². The fraction of sp³-hybridized carbons (Fsp3) is 0.222. The number of carbonyl (C=O) groups excluding carboxylic acids is 2. The maximum Gasteiger partial charge on any atom is 0.248 e. The van der Waals surface area contributed by atoms with E-state index in [9.17, 15) is 9.59 Å². The number of nitrogens with one attached hydrogen (secondary N) is 1. The Morgan fingerprint density at radius 3 is 2.43 bits per heavy atom. The van der Waals surface area contributed by atoms with Crippen molar-refractivity contribution in [3.05, 3.63) is 54.1 Å². The van der Waals surface area contributed by atoms with Gasteiger partial charge in [0.1, 0.15) is 6.04 Å². The van der Waals surface area contributed by atoms with Crippen molar-refractivity contribution in [2.75, 3.05) is 11.9 Å². The Bertz CT molecular complexity index is 772. The number of amides is 2. The van der Waals surface area contributed by atoms with E-state index in [-0.39, 0.29) is 5.91 Å². The SMILES string of the molecule is C[C@H](N[C@@H]1C(=O)N(C)c2ccccc2-c2ccccc21)C(N)=O. The molecular formula is C18H19N3O2. The van der Waals surface area contributed by atoms with Crippen LogP contribution in [0.3, 0.4) is 0 Å². The molecule has 0 radical (unpaired) electrons. The van der Waals surface area contributed by atoms with Gasteiger partial charge < -0.3 is 10.6 Å². The lowest BCUT2D eigenvalue weighted by Gasteiger charge is -2.24. The van der Waals surface area contributed by atoms with Crippen LogP contribution in [0.1, 0.15) is 18.5 Å². The quantitative estimate of drug-likeness (QED) is 0.908. The molecule has 3 rings (SSSR count). The number of nitrogens with zero attached hydrogens (tertiary/aromatic N) is 1. The van der Waals surface area contributed by atoms with Gasteiger partial charge in [0, 0.05) is 12.6 Å². The zero-order valence-electron chi connectivity index (χ0n) is 13.1. The molecule has 1 heterocycles. The molecule has 2 atom stereocenters. The third kappa shape index (κ3) is 2.59. The second-order valence-corrected chi connectivity index (χ2v) is 5.73. The summed E-state index contributed by atoms with van der Waals surface area (Å²) in [6.45, 7) is 1.66. The first kappa shape index (κ1) is 15.2. The third-order valence-corrected chi connectivity index (χ3v) is 4.25. The van der Waals surface area contributed by atoms with E-state index in [4.69, 9.17) is 5.73 Å². The van der Waals surface area contributed by atoms with Gasteiger partial charge in [0.15, 0.2) is 0 Å². The number of para-hydroxylation sites is 1. The van der Waals surface area contributed by atoms with Crippen LogP contribution in [-0.4, -0.2) is 24.9 Å². The molecular weight excluding hydrogens is 290 g/mol. The van der Waals surface area contributed by atoms with E-state index in [1.165, 1.54) is 0 Å². The smallest absolute Gasteiger partial charge is 0.248 e. The van der Waals surface area contributed by atoms with Crippen LogP contribution in [0.5, 0.6) is 0 Å². The summed E-state index contributed by atoms with van der Waals surface area (Å²) >= 11 is 0. The zero-order valence-corrected chi connectivity index (χ0v) is 13.1. The lowest BCUT2D eigenvalue weighted by molar-refractivity contribution is -0.122. The number of nitrogens with two attached hydrogens (primary N) is 1. The largest absolute Gasteiger partial charge is 0.368 e. The van der Waals surface area contributed by atoms with Crippen molar-refractivity contribution < 1.29 is 9.59 Å². The highest BCUT2D eigenvalue weighted by Gasteiger charge is 2.33. The molecule has 1 aliphatic heterocycles. The zero-order chi connectivity index (χ0) is 16.6. The molecule has 3 N–H and O–H groups in total. The van der Waals surface area contributed by atoms with Gasteiger partial charge in [-0.25, -0.2) is 0 Å². The number of fused-ring (bicyclic) bond motifs is 3. The molecule has 0 aromatic heterocycles. The maximum absolute atomic E-state index is 12.9. The van der Waals surface area contributed by atoms with Crippen molar-refractivity contribution in [1.29, 1.82) is 0 Å². The predicted octanol–water partition coefficient (Wildman–Crippen LogP) is 1.83. The van der Waals surface area contributed by atoms with Crippen LogP contribution in [0.15, 0.2) is 48.5 Å². The van der Waals surface area contributed by atoms with E-state index >= 15 is 0 Å². The molecule has 5 nitrogen and oxygen atoms in total. The van der Waals surface area contributed by atoms with E-state index in [1.807, 2.05) is 48.5 Å². The number of anilines is 1. The summed E-state index contributed by atoms with van der Waals surface area (Å²) in [4.78, 5) is 26.0. The summed E-state index contributed by atoms with van der Waals surface area (Å²) in [6.07, 6.45) is 0. The van der Waals surface area contributed by atoms with Crippen molar-refractivity contribution in [2.45, 2.75) is 19.0 Å². The van der Waals surface area contributed by atoms with Crippen LogP contribution in [0.2, 0.25) is 0 Å². The number of hydrogen-bond donors (Lipinski definition) is 2. The molecule has 2 aromatic rings. The number of carbonyl (C=O) groups is 2. The molecule has 118 valence electrons. The minimum absolute atomic E-state index is 0.115. The van der Waals surface area contributed by atoms with E-state index in [0.717, 1.165) is 22.4 Å². The summed E-state index contributed by atoms with van der Waals surface area (Å²) in [7, 11) is 1.75. The summed E-state index contributed by atoms with van der Waals surface area (Å²) in [5, 5.41) is 3.06. The van der Waals surface area contributed by atoms with Crippen molar-refractivity contribution in [1.82, 2.24) is 5.32 Å². The number of hydrogen-bond acceptors (Lipinski definition) is 3. The predicted molar refractivity (Wildman–Crippen MR) is 89.8 cm³/mol. The van der Waals surface area contributed by atoms with Gasteiger partial charge in [-0.3, -0.25) is 14.9 Å². The average molecular weight is 309 g/mol. The van der Waals surface area contributed by atoms with Gasteiger partial charge in [-0.1, -0.05) is 42.5 Å². The van der Waals surface area contributed by atoms with Crippen LogP contribution < -0.4 is 16.0 Å². The number of primary amides is 1. The Morgan fingerprint density at radius 1 is 1.13 bits per heavy atom. The molecule has 0 spiro atoms. The molecule has 0 aliphatic carbocycles. The van der Waals surface area contributed by atoms with Crippen molar-refractivity contribution in [3.8, 4) is 11.1 Å². The highest BCUT2D eigenvalue weighted by Crippen LogP contribution is 2.39. The highest BCUT2D eigenvalue weighted by molar-refractivity contribution is 6.04. The van der Waals surface area contributed by atoms with Crippen LogP contribution in [0.4, 0.5) is 5.69 Å². The van der Waals surface area contributed by atoms with E-state index < -0.39 is 18.0 Å². The first-order valence-electron chi connectivity index (χ1n) is 7.52. The molecule has 2 amide bonds. The standard InChI is InChI=1S/C18H19N3O2/c1-11(17(19)22)20-16-14-9-4-3-7-12(14)13-8-5-6-10-15(13)21(2)18(16)23/h3-11,16,20H,1-2H3,(H2,19,22)/t11-,16-/m0/s1. The summed E-state index contributed by atoms with van der Waals surface area (Å²) in [5.74, 6) is -0.602. The van der Waals surface area contributed by atoms with Crippen LogP contribution in [-0.2, 0) is 9.59 Å². The molecule has 2 aromatic carbocycles. The molecule has 23 heavy (non-hydrogen) atoms. The first-order chi connectivity index (χ1) is 11.0. The van der Waals surface area contributed by atoms with Gasteiger partial charge in [-0.2, -0.15) is 0 Å². The Balaban J connectivity index is 2.17. The summed E-state index contributed by atoms with van der Waals surface area (Å²) in [6, 6.07) is 14.3. The molecule has 1 aliphatic rings. The third-order valence-electron chi connectivity index (χ3n) is 4.25. The highest BCUT2D eigenvalue weighted by atomic mass is 16.2. The lowest BCUT2D eigenvalue weighted by atomic mass is 9.95. The number of rotatable bonds is 3. The molecule has 0 bridgehead atoms. The first-order valence-corrected chi connectivity index (χ1v) is 7.52. The molecule has 0 saturated carbocycles. The lowest BCUT2D eigenvalue weighted by Crippen LogP contribution is -2.46. The van der Waals surface area contributed by atoms with Crippen LogP contribution >= 0.6 is 0 Å². The second kappa shape index (κ2) is 5.85. The van der Waals surface area contributed by atoms with Crippen LogP contribution in [0, 0.1) is 0 Å². The summed E-state index contributed by atoms with van der Waals surface area (Å²) in [5.41, 5.74) is 9.02. The Morgan fingerprint density at radius 2 is 1.74 bits per heavy atom. The second-order valence-electron chi connectivity index (χ2n) is 5.73. The van der Waals surface area contributed by atoms with E-state index in [0.29, 0.717) is 0 Å². The van der Waals surface area contributed by atoms with Crippen LogP contribution in [0.25, 0.3) is 11.1 Å².